The van der Waals surface area contributed by atoms with Crippen molar-refractivity contribution in [3.8, 4) is 0 Å². The first-order valence-corrected chi connectivity index (χ1v) is 9.99. The van der Waals surface area contributed by atoms with Crippen molar-refractivity contribution in [1.29, 1.82) is 0 Å². The minimum absolute atomic E-state index is 0.0614. The molecular formula is C20H22F2N4S. The molecule has 1 saturated heterocycles. The molecule has 0 radical (unpaired) electrons. The van der Waals surface area contributed by atoms with Gasteiger partial charge in [0.2, 0.25) is 0 Å². The molecule has 4 rings (SSSR count). The van der Waals surface area contributed by atoms with Gasteiger partial charge in [0.25, 0.3) is 0 Å². The largest absolute Gasteiger partial charge is 0.368 e. The van der Waals surface area contributed by atoms with Gasteiger partial charge in [-0.25, -0.2) is 8.78 Å². The van der Waals surface area contributed by atoms with Crippen molar-refractivity contribution in [2.75, 3.05) is 22.9 Å². The minimum Gasteiger partial charge on any atom is -0.368 e. The summed E-state index contributed by atoms with van der Waals surface area (Å²) < 4.78 is 28.8. The average Bonchev–Trinajstić information content (AvgIpc) is 3.13. The van der Waals surface area contributed by atoms with E-state index in [1.165, 1.54) is 30.0 Å². The summed E-state index contributed by atoms with van der Waals surface area (Å²) in [5.74, 6) is -0.602. The lowest BCUT2D eigenvalue weighted by molar-refractivity contribution is 0.379. The average molecular weight is 388 g/mol. The quantitative estimate of drug-likeness (QED) is 0.851. The number of halogens is 2. The SMILES string of the molecule is CC1CCN(c2ccncc2N2C=CSC2c2c(F)cccc2F)CC1N. The summed E-state index contributed by atoms with van der Waals surface area (Å²) in [6.07, 6.45) is 6.36. The molecule has 7 heteroatoms. The Morgan fingerprint density at radius 2 is 1.96 bits per heavy atom. The predicted molar refractivity (Wildman–Crippen MR) is 107 cm³/mol. The van der Waals surface area contributed by atoms with Crippen molar-refractivity contribution in [1.82, 2.24) is 4.98 Å². The Bertz CT molecular complexity index is 839. The molecule has 2 aromatic rings. The topological polar surface area (TPSA) is 45.4 Å². The molecule has 2 aliphatic rings. The van der Waals surface area contributed by atoms with Gasteiger partial charge in [-0.1, -0.05) is 13.0 Å². The molecule has 2 N–H and O–H groups in total. The van der Waals surface area contributed by atoms with E-state index >= 15 is 0 Å². The zero-order valence-electron chi connectivity index (χ0n) is 15.1. The summed E-state index contributed by atoms with van der Waals surface area (Å²) >= 11 is 1.38. The maximum absolute atomic E-state index is 14.4. The van der Waals surface area contributed by atoms with Gasteiger partial charge in [-0.2, -0.15) is 0 Å². The fourth-order valence-corrected chi connectivity index (χ4v) is 4.67. The monoisotopic (exact) mass is 388 g/mol. The van der Waals surface area contributed by atoms with Gasteiger partial charge in [0, 0.05) is 31.5 Å². The molecule has 27 heavy (non-hydrogen) atoms. The lowest BCUT2D eigenvalue weighted by Gasteiger charge is -2.38. The van der Waals surface area contributed by atoms with E-state index in [0.717, 1.165) is 30.9 Å². The summed E-state index contributed by atoms with van der Waals surface area (Å²) in [7, 11) is 0. The molecule has 3 atom stereocenters. The molecule has 1 fully saturated rings. The number of anilines is 2. The van der Waals surface area contributed by atoms with Gasteiger partial charge in [0.15, 0.2) is 0 Å². The number of nitrogens with two attached hydrogens (primary N) is 1. The number of rotatable bonds is 3. The smallest absolute Gasteiger partial charge is 0.132 e. The van der Waals surface area contributed by atoms with Crippen LogP contribution < -0.4 is 15.5 Å². The van der Waals surface area contributed by atoms with E-state index in [2.05, 4.69) is 16.8 Å². The van der Waals surface area contributed by atoms with E-state index in [-0.39, 0.29) is 11.6 Å². The molecule has 0 saturated carbocycles. The molecule has 4 nitrogen and oxygen atoms in total. The van der Waals surface area contributed by atoms with Crippen LogP contribution in [0.2, 0.25) is 0 Å². The van der Waals surface area contributed by atoms with E-state index in [4.69, 9.17) is 5.73 Å². The van der Waals surface area contributed by atoms with Gasteiger partial charge >= 0.3 is 0 Å². The summed E-state index contributed by atoms with van der Waals surface area (Å²) in [6, 6.07) is 6.03. The lowest BCUT2D eigenvalue weighted by Crippen LogP contribution is -2.48. The van der Waals surface area contributed by atoms with Gasteiger partial charge in [0.05, 0.1) is 23.1 Å². The van der Waals surface area contributed by atoms with E-state index in [1.807, 2.05) is 22.6 Å². The number of benzene rings is 1. The Morgan fingerprint density at radius 1 is 1.19 bits per heavy atom. The van der Waals surface area contributed by atoms with Gasteiger partial charge in [0.1, 0.15) is 17.0 Å². The normalized spacial score (nSPS) is 25.3. The number of hydrogen-bond donors (Lipinski definition) is 1. The second-order valence-corrected chi connectivity index (χ2v) is 8.05. The maximum atomic E-state index is 14.4. The Kier molecular flexibility index (Phi) is 5.06. The highest BCUT2D eigenvalue weighted by Gasteiger charge is 2.32. The number of aromatic nitrogens is 1. The molecule has 0 aliphatic carbocycles. The molecule has 142 valence electrons. The van der Waals surface area contributed by atoms with Crippen molar-refractivity contribution in [3.63, 3.8) is 0 Å². The minimum atomic E-state index is -0.541. The number of piperidine rings is 1. The molecule has 2 aliphatic heterocycles. The van der Waals surface area contributed by atoms with Crippen molar-refractivity contribution >= 4 is 23.1 Å². The summed E-state index contributed by atoms with van der Waals surface area (Å²) in [5, 5.41) is 1.35. The zero-order chi connectivity index (χ0) is 19.0. The molecule has 1 aromatic heterocycles. The van der Waals surface area contributed by atoms with E-state index in [1.54, 1.807) is 12.4 Å². The van der Waals surface area contributed by atoms with Crippen LogP contribution in [0.5, 0.6) is 0 Å². The van der Waals surface area contributed by atoms with Crippen LogP contribution in [0.3, 0.4) is 0 Å². The highest BCUT2D eigenvalue weighted by atomic mass is 32.2. The number of nitrogens with zero attached hydrogens (tertiary/aromatic N) is 3. The number of thioether (sulfide) groups is 1. The molecule has 0 bridgehead atoms. The summed E-state index contributed by atoms with van der Waals surface area (Å²) in [6.45, 7) is 3.82. The second-order valence-electron chi connectivity index (χ2n) is 7.06. The van der Waals surface area contributed by atoms with Crippen LogP contribution in [0.25, 0.3) is 0 Å². The fraction of sp³-hybridized carbons (Fsp3) is 0.350. The maximum Gasteiger partial charge on any atom is 0.132 e. The number of hydrogen-bond acceptors (Lipinski definition) is 5. The van der Waals surface area contributed by atoms with E-state index in [9.17, 15) is 8.78 Å². The Balaban J connectivity index is 1.70. The predicted octanol–water partition coefficient (Wildman–Crippen LogP) is 4.26. The Hall–Kier alpha value is -2.12. The third-order valence-corrected chi connectivity index (χ3v) is 6.34. The highest BCUT2D eigenvalue weighted by molar-refractivity contribution is 8.02. The standard InChI is InChI=1S/C20H22F2N4S/c1-13-6-8-25(12-16(13)23)17-5-7-24-11-18(17)26-9-10-27-20(26)19-14(21)3-2-4-15(19)22/h2-5,7,9-11,13,16,20H,6,8,12,23H2,1H3. The lowest BCUT2D eigenvalue weighted by atomic mass is 9.94. The van der Waals surface area contributed by atoms with Crippen LogP contribution in [0, 0.1) is 17.6 Å². The van der Waals surface area contributed by atoms with Crippen molar-refractivity contribution in [2.45, 2.75) is 24.8 Å². The van der Waals surface area contributed by atoms with Crippen LogP contribution >= 0.6 is 11.8 Å². The summed E-state index contributed by atoms with van der Waals surface area (Å²) in [5.41, 5.74) is 8.16. The van der Waals surface area contributed by atoms with Crippen LogP contribution in [0.1, 0.15) is 24.3 Å². The van der Waals surface area contributed by atoms with Gasteiger partial charge in [-0.15, -0.1) is 11.8 Å². The van der Waals surface area contributed by atoms with Crippen LogP contribution in [0.15, 0.2) is 48.3 Å². The Labute approximate surface area is 162 Å². The second kappa shape index (κ2) is 7.48. The van der Waals surface area contributed by atoms with Gasteiger partial charge < -0.3 is 15.5 Å². The Morgan fingerprint density at radius 3 is 2.70 bits per heavy atom. The van der Waals surface area contributed by atoms with Crippen molar-refractivity contribution in [3.05, 3.63) is 65.5 Å². The van der Waals surface area contributed by atoms with Crippen molar-refractivity contribution < 1.29 is 8.78 Å². The first-order chi connectivity index (χ1) is 13.1. The highest BCUT2D eigenvalue weighted by Crippen LogP contribution is 2.46. The van der Waals surface area contributed by atoms with Gasteiger partial charge in [-0.3, -0.25) is 4.98 Å². The van der Waals surface area contributed by atoms with Crippen molar-refractivity contribution in [2.24, 2.45) is 11.7 Å². The van der Waals surface area contributed by atoms with Crippen LogP contribution in [-0.4, -0.2) is 24.1 Å². The van der Waals surface area contributed by atoms with E-state index in [0.29, 0.717) is 5.92 Å². The molecule has 3 heterocycles. The third-order valence-electron chi connectivity index (χ3n) is 5.34. The summed E-state index contributed by atoms with van der Waals surface area (Å²) in [4.78, 5) is 8.39. The zero-order valence-corrected chi connectivity index (χ0v) is 15.9. The molecule has 0 amide bonds. The molecule has 0 spiro atoms. The molecule has 3 unspecified atom stereocenters. The fourth-order valence-electron chi connectivity index (χ4n) is 3.64. The van der Waals surface area contributed by atoms with Crippen LogP contribution in [-0.2, 0) is 0 Å². The van der Waals surface area contributed by atoms with Crippen LogP contribution in [0.4, 0.5) is 20.2 Å². The molecular weight excluding hydrogens is 366 g/mol. The van der Waals surface area contributed by atoms with E-state index < -0.39 is 17.0 Å². The first-order valence-electron chi connectivity index (χ1n) is 9.05. The number of pyridine rings is 1. The first kappa shape index (κ1) is 18.3. The van der Waals surface area contributed by atoms with Gasteiger partial charge in [-0.05, 0) is 35.9 Å². The molecule has 1 aromatic carbocycles. The third kappa shape index (κ3) is 3.41.